The number of amides is 1. The molecule has 178 valence electrons. The molecule has 1 amide bonds. The fourth-order valence-electron chi connectivity index (χ4n) is 4.40. The van der Waals surface area contributed by atoms with Gasteiger partial charge in [0, 0.05) is 12.1 Å². The van der Waals surface area contributed by atoms with E-state index in [4.69, 9.17) is 18.9 Å². The third-order valence-corrected chi connectivity index (χ3v) is 6.48. The molecular weight excluding hydrogens is 430 g/mol. The van der Waals surface area contributed by atoms with E-state index in [2.05, 4.69) is 0 Å². The highest BCUT2D eigenvalue weighted by Gasteiger charge is 2.33. The van der Waals surface area contributed by atoms with Crippen molar-refractivity contribution < 1.29 is 23.7 Å². The molecule has 6 heteroatoms. The van der Waals surface area contributed by atoms with Gasteiger partial charge in [0.2, 0.25) is 0 Å². The zero-order chi connectivity index (χ0) is 24.2. The van der Waals surface area contributed by atoms with Crippen LogP contribution in [-0.2, 0) is 6.42 Å². The van der Waals surface area contributed by atoms with E-state index >= 15 is 0 Å². The van der Waals surface area contributed by atoms with Gasteiger partial charge in [0.05, 0.1) is 27.4 Å². The second-order valence-electron chi connectivity index (χ2n) is 8.43. The molecule has 3 aromatic rings. The number of fused-ring (bicyclic) bond motifs is 1. The predicted molar refractivity (Wildman–Crippen MR) is 131 cm³/mol. The Morgan fingerprint density at radius 3 is 2.21 bits per heavy atom. The number of ether oxygens (including phenoxy) is 4. The molecule has 1 aliphatic heterocycles. The Labute approximate surface area is 201 Å². The second kappa shape index (κ2) is 10.1. The molecule has 0 fully saturated rings. The first kappa shape index (κ1) is 23.5. The smallest absolute Gasteiger partial charge is 0.254 e. The number of nitrogens with zero attached hydrogens (tertiary/aromatic N) is 1. The van der Waals surface area contributed by atoms with Crippen molar-refractivity contribution in [2.75, 3.05) is 34.5 Å². The van der Waals surface area contributed by atoms with Crippen LogP contribution in [0.15, 0.2) is 54.6 Å². The van der Waals surface area contributed by atoms with Gasteiger partial charge in [0.25, 0.3) is 5.91 Å². The fraction of sp³-hybridized carbons (Fsp3) is 0.321. The third-order valence-electron chi connectivity index (χ3n) is 6.48. The standard InChI is InChI=1S/C28H31NO5/c1-18-10-11-21(14-19(18)2)28(30)29-13-12-20-15-26(32-4)27(33-5)16-22(20)23(29)17-34-25-9-7-6-8-24(25)31-3/h6-11,14-16,23H,12-13,17H2,1-5H3/t23-/m1/s1. The molecule has 0 radical (unpaired) electrons. The van der Waals surface area contributed by atoms with Gasteiger partial charge in [-0.05, 0) is 78.9 Å². The highest BCUT2D eigenvalue weighted by Crippen LogP contribution is 2.39. The maximum absolute atomic E-state index is 13.7. The number of benzene rings is 3. The minimum Gasteiger partial charge on any atom is -0.493 e. The van der Waals surface area contributed by atoms with Gasteiger partial charge in [0.1, 0.15) is 6.61 Å². The van der Waals surface area contributed by atoms with Crippen LogP contribution in [0.3, 0.4) is 0 Å². The lowest BCUT2D eigenvalue weighted by atomic mass is 9.91. The lowest BCUT2D eigenvalue weighted by Crippen LogP contribution is -2.42. The highest BCUT2D eigenvalue weighted by molar-refractivity contribution is 5.95. The van der Waals surface area contributed by atoms with Crippen LogP contribution in [0.25, 0.3) is 0 Å². The van der Waals surface area contributed by atoms with Crippen LogP contribution in [0.1, 0.15) is 38.7 Å². The Morgan fingerprint density at radius 2 is 1.53 bits per heavy atom. The molecule has 6 nitrogen and oxygen atoms in total. The Bertz CT molecular complexity index is 1190. The molecule has 0 bridgehead atoms. The lowest BCUT2D eigenvalue weighted by molar-refractivity contribution is 0.0587. The SMILES string of the molecule is COc1cc2c(cc1OC)[C@@H](COc1ccccc1OC)N(C(=O)c1ccc(C)c(C)c1)CC2. The van der Waals surface area contributed by atoms with Crippen molar-refractivity contribution in [1.29, 1.82) is 0 Å². The highest BCUT2D eigenvalue weighted by atomic mass is 16.5. The number of aryl methyl sites for hydroxylation is 2. The number of hydrogen-bond donors (Lipinski definition) is 0. The summed E-state index contributed by atoms with van der Waals surface area (Å²) in [4.78, 5) is 15.6. The van der Waals surface area contributed by atoms with Gasteiger partial charge < -0.3 is 23.8 Å². The molecule has 0 N–H and O–H groups in total. The molecule has 1 aliphatic rings. The summed E-state index contributed by atoms with van der Waals surface area (Å²) in [5, 5.41) is 0. The van der Waals surface area contributed by atoms with Crippen LogP contribution in [0.5, 0.6) is 23.0 Å². The zero-order valence-electron chi connectivity index (χ0n) is 20.4. The number of rotatable bonds is 7. The van der Waals surface area contributed by atoms with Gasteiger partial charge in [-0.2, -0.15) is 0 Å². The van der Waals surface area contributed by atoms with Crippen LogP contribution in [0, 0.1) is 13.8 Å². The van der Waals surface area contributed by atoms with E-state index in [1.54, 1.807) is 21.3 Å². The van der Waals surface area contributed by atoms with Crippen molar-refractivity contribution in [2.24, 2.45) is 0 Å². The van der Waals surface area contributed by atoms with Crippen LogP contribution >= 0.6 is 0 Å². The number of hydrogen-bond acceptors (Lipinski definition) is 5. The lowest BCUT2D eigenvalue weighted by Gasteiger charge is -2.38. The topological polar surface area (TPSA) is 57.2 Å². The Balaban J connectivity index is 1.73. The van der Waals surface area contributed by atoms with E-state index in [-0.39, 0.29) is 18.6 Å². The summed E-state index contributed by atoms with van der Waals surface area (Å²) in [7, 11) is 4.86. The Morgan fingerprint density at radius 1 is 0.853 bits per heavy atom. The minimum atomic E-state index is -0.303. The summed E-state index contributed by atoms with van der Waals surface area (Å²) in [6, 6.07) is 17.0. The number of carbonyl (C=O) groups excluding carboxylic acids is 1. The van der Waals surface area contributed by atoms with E-state index < -0.39 is 0 Å². The maximum Gasteiger partial charge on any atom is 0.254 e. The minimum absolute atomic E-state index is 0.0165. The van der Waals surface area contributed by atoms with Gasteiger partial charge in [-0.1, -0.05) is 18.2 Å². The molecule has 1 atom stereocenters. The second-order valence-corrected chi connectivity index (χ2v) is 8.43. The number of methoxy groups -OCH3 is 3. The largest absolute Gasteiger partial charge is 0.493 e. The van der Waals surface area contributed by atoms with Crippen molar-refractivity contribution in [3.63, 3.8) is 0 Å². The van der Waals surface area contributed by atoms with Crippen LogP contribution in [-0.4, -0.2) is 45.3 Å². The van der Waals surface area contributed by atoms with Gasteiger partial charge in [-0.25, -0.2) is 0 Å². The van der Waals surface area contributed by atoms with Gasteiger partial charge >= 0.3 is 0 Å². The summed E-state index contributed by atoms with van der Waals surface area (Å²) in [6.07, 6.45) is 0.720. The van der Waals surface area contributed by atoms with E-state index in [0.717, 1.165) is 28.7 Å². The van der Waals surface area contributed by atoms with Crippen molar-refractivity contribution in [1.82, 2.24) is 4.90 Å². The quantitative estimate of drug-likeness (QED) is 0.487. The first-order valence-electron chi connectivity index (χ1n) is 11.4. The summed E-state index contributed by atoms with van der Waals surface area (Å²) in [5.41, 5.74) is 5.05. The van der Waals surface area contributed by atoms with Gasteiger partial charge in [0.15, 0.2) is 23.0 Å². The summed E-state index contributed by atoms with van der Waals surface area (Å²) in [6.45, 7) is 4.93. The van der Waals surface area contributed by atoms with Crippen molar-refractivity contribution in [2.45, 2.75) is 26.3 Å². The average Bonchev–Trinajstić information content (AvgIpc) is 2.87. The molecule has 3 aromatic carbocycles. The van der Waals surface area contributed by atoms with Crippen molar-refractivity contribution in [3.05, 3.63) is 82.4 Å². The molecule has 0 saturated carbocycles. The Kier molecular flexibility index (Phi) is 6.96. The molecule has 4 rings (SSSR count). The number of para-hydroxylation sites is 2. The zero-order valence-corrected chi connectivity index (χ0v) is 20.4. The number of carbonyl (C=O) groups is 1. The maximum atomic E-state index is 13.7. The summed E-state index contributed by atoms with van der Waals surface area (Å²) in [5.74, 6) is 2.58. The molecule has 0 unspecified atom stereocenters. The first-order valence-corrected chi connectivity index (χ1v) is 11.4. The van der Waals surface area contributed by atoms with Crippen LogP contribution in [0.4, 0.5) is 0 Å². The first-order chi connectivity index (χ1) is 16.5. The molecule has 0 aromatic heterocycles. The monoisotopic (exact) mass is 461 g/mol. The normalized spacial score (nSPS) is 14.9. The molecule has 34 heavy (non-hydrogen) atoms. The van der Waals surface area contributed by atoms with E-state index in [9.17, 15) is 4.79 Å². The third kappa shape index (κ3) is 4.53. The molecular formula is C28H31NO5. The van der Waals surface area contributed by atoms with Gasteiger partial charge in [-0.15, -0.1) is 0 Å². The van der Waals surface area contributed by atoms with E-state index in [0.29, 0.717) is 35.1 Å². The molecule has 0 aliphatic carbocycles. The molecule has 0 spiro atoms. The molecule has 1 heterocycles. The average molecular weight is 462 g/mol. The van der Waals surface area contributed by atoms with Crippen LogP contribution in [0.2, 0.25) is 0 Å². The Hall–Kier alpha value is -3.67. The van der Waals surface area contributed by atoms with Gasteiger partial charge in [-0.3, -0.25) is 4.79 Å². The van der Waals surface area contributed by atoms with Crippen LogP contribution < -0.4 is 18.9 Å². The van der Waals surface area contributed by atoms with E-state index in [1.807, 2.05) is 73.3 Å². The molecule has 0 saturated heterocycles. The predicted octanol–water partition coefficient (Wildman–Crippen LogP) is 5.15. The summed E-state index contributed by atoms with van der Waals surface area (Å²) < 4.78 is 22.8. The van der Waals surface area contributed by atoms with Crippen molar-refractivity contribution >= 4 is 5.91 Å². The van der Waals surface area contributed by atoms with E-state index in [1.165, 1.54) is 0 Å². The summed E-state index contributed by atoms with van der Waals surface area (Å²) >= 11 is 0. The fourth-order valence-corrected chi connectivity index (χ4v) is 4.40. The van der Waals surface area contributed by atoms with Crippen molar-refractivity contribution in [3.8, 4) is 23.0 Å².